The van der Waals surface area contributed by atoms with Gasteiger partial charge in [-0.1, -0.05) is 29.8 Å². The fraction of sp³-hybridized carbons (Fsp3) is 0.235. The zero-order valence-electron chi connectivity index (χ0n) is 13.0. The van der Waals surface area contributed by atoms with Crippen molar-refractivity contribution in [3.05, 3.63) is 53.8 Å². The van der Waals surface area contributed by atoms with E-state index in [-0.39, 0.29) is 29.2 Å². The van der Waals surface area contributed by atoms with E-state index in [0.717, 1.165) is 9.87 Å². The molecule has 24 heavy (non-hydrogen) atoms. The van der Waals surface area contributed by atoms with Crippen LogP contribution in [0, 0.1) is 12.7 Å². The number of hydrogen-bond acceptors (Lipinski definition) is 4. The van der Waals surface area contributed by atoms with Crippen LogP contribution in [0.5, 0.6) is 0 Å². The lowest BCUT2D eigenvalue weighted by atomic mass is 10.0. The quantitative estimate of drug-likeness (QED) is 0.795. The lowest BCUT2D eigenvalue weighted by molar-refractivity contribution is -0.118. The van der Waals surface area contributed by atoms with Crippen LogP contribution in [0.4, 0.5) is 4.39 Å². The first-order valence-electron chi connectivity index (χ1n) is 7.39. The van der Waals surface area contributed by atoms with Crippen molar-refractivity contribution in [2.45, 2.75) is 18.0 Å². The lowest BCUT2D eigenvalue weighted by Crippen LogP contribution is -2.37. The zero-order chi connectivity index (χ0) is 17.3. The Morgan fingerprint density at radius 2 is 1.96 bits per heavy atom. The summed E-state index contributed by atoms with van der Waals surface area (Å²) in [4.78, 5) is 11.0. The van der Waals surface area contributed by atoms with Crippen LogP contribution in [-0.2, 0) is 19.6 Å². The highest BCUT2D eigenvalue weighted by molar-refractivity contribution is 7.89. The maximum atomic E-state index is 14.2. The molecule has 126 valence electrons. The van der Waals surface area contributed by atoms with Crippen molar-refractivity contribution < 1.29 is 22.3 Å². The Morgan fingerprint density at radius 3 is 2.67 bits per heavy atom. The molecule has 0 spiro atoms. The van der Waals surface area contributed by atoms with Gasteiger partial charge in [-0.15, -0.1) is 0 Å². The fourth-order valence-corrected chi connectivity index (χ4v) is 4.36. The van der Waals surface area contributed by atoms with Crippen molar-refractivity contribution in [3.63, 3.8) is 0 Å². The second kappa shape index (κ2) is 6.43. The number of carbonyl (C=O) groups excluding carboxylic acids is 1. The maximum Gasteiger partial charge on any atom is 0.246 e. The molecule has 1 aliphatic heterocycles. The van der Waals surface area contributed by atoms with Gasteiger partial charge in [0.15, 0.2) is 12.5 Å². The van der Waals surface area contributed by atoms with Gasteiger partial charge in [0.05, 0.1) is 11.5 Å². The number of aldehydes is 1. The standard InChI is InChI=1S/C17H16FNO4S/c1-12-6-7-16(14(10-12)13-4-2-3-5-15(13)18)24(21,22)19-8-9-23-17(19)11-20/h2-7,10-11,17H,8-9H2,1H3. The second-order valence-electron chi connectivity index (χ2n) is 5.49. The number of sulfonamides is 1. The third-order valence-corrected chi connectivity index (χ3v) is 5.81. The van der Waals surface area contributed by atoms with Crippen LogP contribution in [0.15, 0.2) is 47.4 Å². The highest BCUT2D eigenvalue weighted by Gasteiger charge is 2.37. The predicted molar refractivity (Wildman–Crippen MR) is 86.3 cm³/mol. The molecular weight excluding hydrogens is 333 g/mol. The number of aryl methyl sites for hydroxylation is 1. The van der Waals surface area contributed by atoms with Crippen molar-refractivity contribution >= 4 is 16.3 Å². The molecule has 0 bridgehead atoms. The number of ether oxygens (including phenoxy) is 1. The molecule has 0 N–H and O–H groups in total. The first-order valence-corrected chi connectivity index (χ1v) is 8.83. The summed E-state index contributed by atoms with van der Waals surface area (Å²) in [7, 11) is -4.00. The van der Waals surface area contributed by atoms with Crippen LogP contribution < -0.4 is 0 Å². The number of benzene rings is 2. The summed E-state index contributed by atoms with van der Waals surface area (Å²) in [5.41, 5.74) is 1.27. The summed E-state index contributed by atoms with van der Waals surface area (Å²) >= 11 is 0. The van der Waals surface area contributed by atoms with Gasteiger partial charge in [-0.2, -0.15) is 4.31 Å². The smallest absolute Gasteiger partial charge is 0.246 e. The number of rotatable bonds is 4. The molecule has 0 aromatic heterocycles. The van der Waals surface area contributed by atoms with Crippen molar-refractivity contribution in [2.24, 2.45) is 0 Å². The summed E-state index contributed by atoms with van der Waals surface area (Å²) in [6.07, 6.45) is -0.702. The van der Waals surface area contributed by atoms with Crippen molar-refractivity contribution in [3.8, 4) is 11.1 Å². The van der Waals surface area contributed by atoms with E-state index in [2.05, 4.69) is 0 Å². The topological polar surface area (TPSA) is 63.7 Å². The molecule has 1 atom stereocenters. The molecule has 0 saturated carbocycles. The number of carbonyl (C=O) groups is 1. The molecule has 1 aliphatic rings. The normalized spacial score (nSPS) is 18.7. The molecule has 0 aliphatic carbocycles. The molecule has 5 nitrogen and oxygen atoms in total. The van der Waals surface area contributed by atoms with Gasteiger partial charge in [-0.3, -0.25) is 4.79 Å². The SMILES string of the molecule is Cc1ccc(S(=O)(=O)N2CCOC2C=O)c(-c2ccccc2F)c1. The molecule has 0 amide bonds. The van der Waals surface area contributed by atoms with Gasteiger partial charge in [0.25, 0.3) is 0 Å². The van der Waals surface area contributed by atoms with E-state index in [1.165, 1.54) is 18.2 Å². The van der Waals surface area contributed by atoms with Crippen LogP contribution in [0.2, 0.25) is 0 Å². The van der Waals surface area contributed by atoms with E-state index >= 15 is 0 Å². The molecule has 1 saturated heterocycles. The van der Waals surface area contributed by atoms with E-state index in [4.69, 9.17) is 4.74 Å². The molecule has 2 aromatic rings. The molecule has 7 heteroatoms. The number of nitrogens with zero attached hydrogens (tertiary/aromatic N) is 1. The Bertz CT molecular complexity index is 882. The minimum atomic E-state index is -4.00. The monoisotopic (exact) mass is 349 g/mol. The van der Waals surface area contributed by atoms with Gasteiger partial charge >= 0.3 is 0 Å². The molecule has 2 aromatic carbocycles. The average Bonchev–Trinajstić information content (AvgIpc) is 3.04. The van der Waals surface area contributed by atoms with Crippen LogP contribution in [-0.4, -0.2) is 38.4 Å². The van der Waals surface area contributed by atoms with Gasteiger partial charge in [-0.25, -0.2) is 12.8 Å². The van der Waals surface area contributed by atoms with Gasteiger partial charge in [0, 0.05) is 17.7 Å². The van der Waals surface area contributed by atoms with Gasteiger partial charge in [0.1, 0.15) is 5.82 Å². The van der Waals surface area contributed by atoms with Gasteiger partial charge in [0.2, 0.25) is 10.0 Å². The van der Waals surface area contributed by atoms with Crippen molar-refractivity contribution in [1.82, 2.24) is 4.31 Å². The molecular formula is C17H16FNO4S. The molecule has 0 radical (unpaired) electrons. The Hall–Kier alpha value is -2.09. The predicted octanol–water partition coefficient (Wildman–Crippen LogP) is 2.35. The van der Waals surface area contributed by atoms with E-state index in [1.807, 2.05) is 0 Å². The summed E-state index contributed by atoms with van der Waals surface area (Å²) < 4.78 is 46.3. The minimum Gasteiger partial charge on any atom is -0.354 e. The first kappa shape index (κ1) is 16.8. The molecule has 1 heterocycles. The molecule has 3 rings (SSSR count). The van der Waals surface area contributed by atoms with Crippen molar-refractivity contribution in [2.75, 3.05) is 13.2 Å². The van der Waals surface area contributed by atoms with Crippen LogP contribution in [0.1, 0.15) is 5.56 Å². The Kier molecular flexibility index (Phi) is 4.49. The Balaban J connectivity index is 2.19. The third kappa shape index (κ3) is 2.86. The van der Waals surface area contributed by atoms with E-state index in [1.54, 1.807) is 31.2 Å². The first-order chi connectivity index (χ1) is 11.4. The fourth-order valence-electron chi connectivity index (χ4n) is 2.72. The Labute approximate surface area is 139 Å². The van der Waals surface area contributed by atoms with Crippen LogP contribution in [0.3, 0.4) is 0 Å². The molecule has 1 unspecified atom stereocenters. The zero-order valence-corrected chi connectivity index (χ0v) is 13.8. The largest absolute Gasteiger partial charge is 0.354 e. The average molecular weight is 349 g/mol. The summed E-state index contributed by atoms with van der Waals surface area (Å²) in [6, 6.07) is 10.7. The van der Waals surface area contributed by atoms with Crippen molar-refractivity contribution in [1.29, 1.82) is 0 Å². The van der Waals surface area contributed by atoms with Gasteiger partial charge < -0.3 is 4.74 Å². The maximum absolute atomic E-state index is 14.2. The van der Waals surface area contributed by atoms with Crippen LogP contribution in [0.25, 0.3) is 11.1 Å². The number of halogens is 1. The van der Waals surface area contributed by atoms with E-state index in [0.29, 0.717) is 6.29 Å². The van der Waals surface area contributed by atoms with Gasteiger partial charge in [-0.05, 0) is 25.1 Å². The summed E-state index contributed by atoms with van der Waals surface area (Å²) in [5, 5.41) is 0. The second-order valence-corrected chi connectivity index (χ2v) is 7.35. The summed E-state index contributed by atoms with van der Waals surface area (Å²) in [5.74, 6) is -0.510. The third-order valence-electron chi connectivity index (χ3n) is 3.89. The number of hydrogen-bond donors (Lipinski definition) is 0. The minimum absolute atomic E-state index is 0.0458. The van der Waals surface area contributed by atoms with E-state index in [9.17, 15) is 17.6 Å². The highest BCUT2D eigenvalue weighted by atomic mass is 32.2. The Morgan fingerprint density at radius 1 is 1.21 bits per heavy atom. The highest BCUT2D eigenvalue weighted by Crippen LogP contribution is 2.33. The molecule has 1 fully saturated rings. The van der Waals surface area contributed by atoms with Crippen LogP contribution >= 0.6 is 0 Å². The lowest BCUT2D eigenvalue weighted by Gasteiger charge is -2.21. The van der Waals surface area contributed by atoms with E-state index < -0.39 is 22.1 Å². The summed E-state index contributed by atoms with van der Waals surface area (Å²) in [6.45, 7) is 2.02.